The van der Waals surface area contributed by atoms with Crippen molar-refractivity contribution in [2.75, 3.05) is 0 Å². The number of hydrogen-bond acceptors (Lipinski definition) is 0. The molecule has 0 atom stereocenters. The van der Waals surface area contributed by atoms with E-state index in [4.69, 9.17) is 0 Å². The minimum atomic E-state index is -7.68. The van der Waals surface area contributed by atoms with Crippen LogP contribution in [-0.4, -0.2) is 23.7 Å². The monoisotopic (exact) mass is 662 g/mol. The van der Waals surface area contributed by atoms with Gasteiger partial charge in [-0.1, -0.05) is 77.9 Å². The largest absolute Gasteiger partial charge is 0.385 e. The van der Waals surface area contributed by atoms with Crippen molar-refractivity contribution in [3.8, 4) is 22.3 Å². The minimum Gasteiger partial charge on any atom is -0.194 e. The molecule has 0 bridgehead atoms. The second kappa shape index (κ2) is 11.4. The average molecular weight is 663 g/mol. The van der Waals surface area contributed by atoms with E-state index in [1.54, 1.807) is 19.1 Å². The fraction of sp³-hybridized carbons (Fsp3) is 0.294. The average Bonchev–Trinajstić information content (AvgIpc) is 2.96. The molecule has 0 nitrogen and oxygen atoms in total. The fourth-order valence-electron chi connectivity index (χ4n) is 5.13. The number of hydrogen-bond donors (Lipinski definition) is 0. The van der Waals surface area contributed by atoms with Gasteiger partial charge in [-0.25, -0.2) is 0 Å². The van der Waals surface area contributed by atoms with Crippen molar-refractivity contribution in [1.82, 2.24) is 0 Å². The molecule has 0 N–H and O–H groups in total. The summed E-state index contributed by atoms with van der Waals surface area (Å²) < 4.78 is 178. The van der Waals surface area contributed by atoms with Crippen molar-refractivity contribution in [1.29, 1.82) is 0 Å². The van der Waals surface area contributed by atoms with Crippen LogP contribution in [0, 0.1) is 27.7 Å². The van der Waals surface area contributed by atoms with Crippen LogP contribution in [0.2, 0.25) is 0 Å². The number of rotatable bonds is 9. The summed E-state index contributed by atoms with van der Waals surface area (Å²) in [6.07, 6.45) is 0. The van der Waals surface area contributed by atoms with Gasteiger partial charge in [0.05, 0.1) is 0 Å². The summed E-state index contributed by atoms with van der Waals surface area (Å²) in [5.41, 5.74) is -0.429. The molecule has 0 saturated heterocycles. The lowest BCUT2D eigenvalue weighted by atomic mass is 9.86. The van der Waals surface area contributed by atoms with E-state index in [-0.39, 0.29) is 34.9 Å². The second-order valence-electron chi connectivity index (χ2n) is 11.3. The molecule has 0 fully saturated rings. The lowest BCUT2D eigenvalue weighted by Gasteiger charge is -2.41. The molecule has 4 aromatic rings. The van der Waals surface area contributed by atoms with Gasteiger partial charge in [0, 0.05) is 11.1 Å². The normalized spacial score (nSPS) is 13.7. The Morgan fingerprint density at radius 1 is 0.370 bits per heavy atom. The first-order valence-electron chi connectivity index (χ1n) is 13.6. The summed E-state index contributed by atoms with van der Waals surface area (Å²) >= 11 is 0. The topological polar surface area (TPSA) is 0 Å². The summed E-state index contributed by atoms with van der Waals surface area (Å²) in [7, 11) is 0. The molecule has 0 radical (unpaired) electrons. The maximum atomic E-state index is 15.2. The van der Waals surface area contributed by atoms with Crippen LogP contribution in [0.5, 0.6) is 0 Å². The zero-order valence-corrected chi connectivity index (χ0v) is 24.6. The molecular weight excluding hydrogens is 636 g/mol. The van der Waals surface area contributed by atoms with Crippen LogP contribution < -0.4 is 0 Å². The van der Waals surface area contributed by atoms with Crippen molar-refractivity contribution in [3.05, 3.63) is 118 Å². The molecule has 0 aromatic heterocycles. The van der Waals surface area contributed by atoms with Crippen LogP contribution >= 0.6 is 0 Å². The summed E-state index contributed by atoms with van der Waals surface area (Å²) in [6.45, 7) is 6.38. The third-order valence-corrected chi connectivity index (χ3v) is 7.68. The van der Waals surface area contributed by atoms with E-state index in [1.807, 2.05) is 26.0 Å². The summed E-state index contributed by atoms with van der Waals surface area (Å²) in [6, 6.07) is 14.8. The SMILES string of the molecule is Cc1cc(-c2cccc(C(F)(F)C(F)(F)C(F)(F)C(F)(F)C(F)(F)C(F)(F)c3cccc(C)c3)c2)cc(-c2ccc(C)cc2C)c1. The highest BCUT2D eigenvalue weighted by molar-refractivity contribution is 5.76. The molecule has 0 amide bonds. The van der Waals surface area contributed by atoms with Crippen molar-refractivity contribution >= 4 is 0 Å². The van der Waals surface area contributed by atoms with E-state index >= 15 is 8.78 Å². The van der Waals surface area contributed by atoms with Gasteiger partial charge in [-0.05, 0) is 79.3 Å². The molecule has 246 valence electrons. The first-order chi connectivity index (χ1) is 21.0. The van der Waals surface area contributed by atoms with Gasteiger partial charge in [0.15, 0.2) is 0 Å². The van der Waals surface area contributed by atoms with Gasteiger partial charge >= 0.3 is 35.5 Å². The van der Waals surface area contributed by atoms with Crippen LogP contribution in [0.4, 0.5) is 52.7 Å². The predicted molar refractivity (Wildman–Crippen MR) is 150 cm³/mol. The van der Waals surface area contributed by atoms with Gasteiger partial charge < -0.3 is 0 Å². The third-order valence-electron chi connectivity index (χ3n) is 7.68. The van der Waals surface area contributed by atoms with Crippen molar-refractivity contribution in [2.24, 2.45) is 0 Å². The Hall–Kier alpha value is -3.96. The molecule has 0 spiro atoms. The van der Waals surface area contributed by atoms with Crippen LogP contribution in [0.15, 0.2) is 84.9 Å². The quantitative estimate of drug-likeness (QED) is 0.157. The first kappa shape index (κ1) is 34.9. The lowest BCUT2D eigenvalue weighted by molar-refractivity contribution is -0.429. The zero-order valence-electron chi connectivity index (χ0n) is 24.6. The Morgan fingerprint density at radius 3 is 1.37 bits per heavy atom. The number of alkyl halides is 12. The molecule has 46 heavy (non-hydrogen) atoms. The standard InChI is InChI=1S/C34H26F12/c1-19-7-5-9-26(16-19)29(35,36)31(39,40)33(43,44)34(45,46)32(41,42)30(37,38)27-10-6-8-23(18-27)24-14-21(3)15-25(17-24)28-12-11-20(2)13-22(28)4/h5-18H,1-4H3. The molecule has 0 aliphatic carbocycles. The van der Waals surface area contributed by atoms with Crippen molar-refractivity contribution in [3.63, 3.8) is 0 Å². The van der Waals surface area contributed by atoms with E-state index < -0.39 is 46.7 Å². The maximum absolute atomic E-state index is 15.2. The molecule has 0 aliphatic heterocycles. The number of benzene rings is 4. The summed E-state index contributed by atoms with van der Waals surface area (Å²) in [5.74, 6) is -42.3. The third kappa shape index (κ3) is 5.43. The van der Waals surface area contributed by atoms with Crippen molar-refractivity contribution in [2.45, 2.75) is 63.2 Å². The van der Waals surface area contributed by atoms with Gasteiger partial charge in [0.25, 0.3) is 0 Å². The molecule has 4 aromatic carbocycles. The molecule has 0 aliphatic rings. The molecule has 0 unspecified atom stereocenters. The minimum absolute atomic E-state index is 0.150. The Morgan fingerprint density at radius 2 is 0.848 bits per heavy atom. The Balaban J connectivity index is 1.77. The van der Waals surface area contributed by atoms with E-state index in [9.17, 15) is 43.9 Å². The molecule has 12 heteroatoms. The molecule has 0 saturated carbocycles. The van der Waals surface area contributed by atoms with E-state index in [0.717, 1.165) is 41.8 Å². The van der Waals surface area contributed by atoms with Gasteiger partial charge in [0.2, 0.25) is 0 Å². The van der Waals surface area contributed by atoms with E-state index in [0.29, 0.717) is 23.3 Å². The predicted octanol–water partition coefficient (Wildman–Crippen LogP) is 11.7. The van der Waals surface area contributed by atoms with Gasteiger partial charge in [0.1, 0.15) is 0 Å². The highest BCUT2D eigenvalue weighted by atomic mass is 19.4. The van der Waals surface area contributed by atoms with Gasteiger partial charge in [-0.2, -0.15) is 52.7 Å². The summed E-state index contributed by atoms with van der Waals surface area (Å²) in [4.78, 5) is 0. The van der Waals surface area contributed by atoms with Gasteiger partial charge in [-0.15, -0.1) is 0 Å². The van der Waals surface area contributed by atoms with Gasteiger partial charge in [-0.3, -0.25) is 0 Å². The first-order valence-corrected chi connectivity index (χ1v) is 13.6. The highest BCUT2D eigenvalue weighted by Gasteiger charge is 2.90. The van der Waals surface area contributed by atoms with Crippen LogP contribution in [0.25, 0.3) is 22.3 Å². The van der Waals surface area contributed by atoms with E-state index in [1.165, 1.54) is 12.1 Å². The highest BCUT2D eigenvalue weighted by Crippen LogP contribution is 2.63. The zero-order chi connectivity index (χ0) is 34.7. The molecular formula is C34H26F12. The number of halogens is 12. The summed E-state index contributed by atoms with van der Waals surface area (Å²) in [5, 5.41) is 0. The smallest absolute Gasteiger partial charge is 0.194 e. The number of aryl methyl sites for hydroxylation is 4. The van der Waals surface area contributed by atoms with Crippen molar-refractivity contribution < 1.29 is 52.7 Å². The van der Waals surface area contributed by atoms with Crippen LogP contribution in [0.1, 0.15) is 33.4 Å². The van der Waals surface area contributed by atoms with Crippen LogP contribution in [0.3, 0.4) is 0 Å². The second-order valence-corrected chi connectivity index (χ2v) is 11.3. The Bertz CT molecular complexity index is 1750. The Kier molecular flexibility index (Phi) is 8.63. The van der Waals surface area contributed by atoms with E-state index in [2.05, 4.69) is 0 Å². The Labute approximate surface area is 256 Å². The molecule has 4 rings (SSSR count). The lowest BCUT2D eigenvalue weighted by Crippen LogP contribution is -2.69. The molecule has 0 heterocycles. The van der Waals surface area contributed by atoms with Crippen LogP contribution in [-0.2, 0) is 11.8 Å². The fourth-order valence-corrected chi connectivity index (χ4v) is 5.13. The maximum Gasteiger partial charge on any atom is 0.385 e.